The quantitative estimate of drug-likeness (QED) is 0.665. The molecule has 0 atom stereocenters. The normalized spacial score (nSPS) is 11.4. The Morgan fingerprint density at radius 1 is 1.15 bits per heavy atom. The molecular weight excluding hydrogens is 374 g/mol. The van der Waals surface area contributed by atoms with Crippen LogP contribution in [0.2, 0.25) is 0 Å². The zero-order valence-corrected chi connectivity index (χ0v) is 15.6. The molecule has 0 radical (unpaired) electrons. The third-order valence-corrected chi connectivity index (χ3v) is 5.99. The van der Waals surface area contributed by atoms with Gasteiger partial charge in [-0.3, -0.25) is 4.79 Å². The molecule has 3 aromatic rings. The van der Waals surface area contributed by atoms with E-state index >= 15 is 0 Å². The maximum atomic E-state index is 12.3. The van der Waals surface area contributed by atoms with Gasteiger partial charge in [-0.15, -0.1) is 11.3 Å². The van der Waals surface area contributed by atoms with Crippen molar-refractivity contribution in [2.45, 2.75) is 11.4 Å². The SMILES string of the molecule is COc1ccc(S(=O)(=O)NCCn2nc(-c3cccs3)ccc2=O)cc1. The zero-order valence-electron chi connectivity index (χ0n) is 14.0. The van der Waals surface area contributed by atoms with E-state index in [-0.39, 0.29) is 23.5 Å². The highest BCUT2D eigenvalue weighted by atomic mass is 32.2. The third-order valence-electron chi connectivity index (χ3n) is 3.63. The summed E-state index contributed by atoms with van der Waals surface area (Å²) in [6.45, 7) is 0.183. The summed E-state index contributed by atoms with van der Waals surface area (Å²) in [5.41, 5.74) is 0.395. The van der Waals surface area contributed by atoms with E-state index in [0.29, 0.717) is 11.4 Å². The van der Waals surface area contributed by atoms with Gasteiger partial charge in [0.2, 0.25) is 10.0 Å². The molecule has 0 saturated heterocycles. The van der Waals surface area contributed by atoms with Crippen molar-refractivity contribution in [1.82, 2.24) is 14.5 Å². The van der Waals surface area contributed by atoms with Gasteiger partial charge in [0.15, 0.2) is 0 Å². The topological polar surface area (TPSA) is 90.3 Å². The monoisotopic (exact) mass is 391 g/mol. The summed E-state index contributed by atoms with van der Waals surface area (Å²) in [6, 6.07) is 13.0. The number of hydrogen-bond acceptors (Lipinski definition) is 6. The van der Waals surface area contributed by atoms with E-state index in [1.54, 1.807) is 18.2 Å². The van der Waals surface area contributed by atoms with E-state index in [0.717, 1.165) is 4.88 Å². The highest BCUT2D eigenvalue weighted by Gasteiger charge is 2.13. The molecule has 0 aliphatic heterocycles. The van der Waals surface area contributed by atoms with Crippen molar-refractivity contribution in [1.29, 1.82) is 0 Å². The van der Waals surface area contributed by atoms with E-state index in [1.807, 2.05) is 17.5 Å². The summed E-state index contributed by atoms with van der Waals surface area (Å²) in [6.07, 6.45) is 0. The Kier molecular flexibility index (Phi) is 5.50. The number of ether oxygens (including phenoxy) is 1. The molecule has 3 rings (SSSR count). The van der Waals surface area contributed by atoms with Gasteiger partial charge in [0.1, 0.15) is 11.4 Å². The molecule has 0 spiro atoms. The van der Waals surface area contributed by atoms with Crippen molar-refractivity contribution in [2.24, 2.45) is 0 Å². The Hall–Kier alpha value is -2.49. The molecule has 0 unspecified atom stereocenters. The average Bonchev–Trinajstić information content (AvgIpc) is 3.18. The van der Waals surface area contributed by atoms with Crippen molar-refractivity contribution in [3.8, 4) is 16.3 Å². The van der Waals surface area contributed by atoms with Crippen LogP contribution in [0.3, 0.4) is 0 Å². The molecule has 0 fully saturated rings. The lowest BCUT2D eigenvalue weighted by Crippen LogP contribution is -2.32. The molecular formula is C17H17N3O4S2. The number of rotatable bonds is 7. The van der Waals surface area contributed by atoms with E-state index in [1.165, 1.54) is 41.3 Å². The largest absolute Gasteiger partial charge is 0.497 e. The summed E-state index contributed by atoms with van der Waals surface area (Å²) >= 11 is 1.52. The zero-order chi connectivity index (χ0) is 18.6. The Morgan fingerprint density at radius 3 is 2.58 bits per heavy atom. The first-order valence-corrected chi connectivity index (χ1v) is 10.1. The molecule has 0 aliphatic rings. The number of nitrogens with one attached hydrogen (secondary N) is 1. The van der Waals surface area contributed by atoms with Crippen LogP contribution in [0.15, 0.2) is 63.6 Å². The second kappa shape index (κ2) is 7.81. The first-order chi connectivity index (χ1) is 12.5. The number of hydrogen-bond donors (Lipinski definition) is 1. The second-order valence-electron chi connectivity index (χ2n) is 5.33. The minimum Gasteiger partial charge on any atom is -0.497 e. The van der Waals surface area contributed by atoms with Crippen molar-refractivity contribution in [2.75, 3.05) is 13.7 Å². The van der Waals surface area contributed by atoms with E-state index < -0.39 is 10.0 Å². The summed E-state index contributed by atoms with van der Waals surface area (Å²) in [7, 11) is -2.16. The molecule has 0 aliphatic carbocycles. The van der Waals surface area contributed by atoms with Gasteiger partial charge >= 0.3 is 0 Å². The molecule has 7 nitrogen and oxygen atoms in total. The van der Waals surface area contributed by atoms with Gasteiger partial charge < -0.3 is 4.74 Å². The van der Waals surface area contributed by atoms with Crippen molar-refractivity contribution in [3.05, 3.63) is 64.3 Å². The van der Waals surface area contributed by atoms with Crippen LogP contribution in [-0.4, -0.2) is 31.9 Å². The van der Waals surface area contributed by atoms with Gasteiger partial charge in [-0.1, -0.05) is 6.07 Å². The van der Waals surface area contributed by atoms with Crippen LogP contribution in [0, 0.1) is 0 Å². The van der Waals surface area contributed by atoms with Crippen molar-refractivity contribution in [3.63, 3.8) is 0 Å². The maximum absolute atomic E-state index is 12.3. The summed E-state index contributed by atoms with van der Waals surface area (Å²) in [4.78, 5) is 13.0. The minimum absolute atomic E-state index is 0.0508. The van der Waals surface area contributed by atoms with Gasteiger partial charge in [0, 0.05) is 12.6 Å². The van der Waals surface area contributed by atoms with Gasteiger partial charge in [-0.2, -0.15) is 5.10 Å². The molecule has 0 bridgehead atoms. The molecule has 9 heteroatoms. The number of thiophene rings is 1. The first kappa shape index (κ1) is 18.3. The molecule has 0 saturated carbocycles. The fraction of sp³-hybridized carbons (Fsp3) is 0.176. The highest BCUT2D eigenvalue weighted by Crippen LogP contribution is 2.21. The molecule has 2 aromatic heterocycles. The third kappa shape index (κ3) is 4.18. The smallest absolute Gasteiger partial charge is 0.266 e. The van der Waals surface area contributed by atoms with E-state index in [9.17, 15) is 13.2 Å². The number of sulfonamides is 1. The van der Waals surface area contributed by atoms with Gasteiger partial charge in [0.25, 0.3) is 5.56 Å². The summed E-state index contributed by atoms with van der Waals surface area (Å²) in [5, 5.41) is 6.22. The van der Waals surface area contributed by atoms with Crippen molar-refractivity contribution >= 4 is 21.4 Å². The van der Waals surface area contributed by atoms with E-state index in [4.69, 9.17) is 4.74 Å². The van der Waals surface area contributed by atoms with Gasteiger partial charge in [0.05, 0.1) is 23.4 Å². The van der Waals surface area contributed by atoms with Crippen LogP contribution in [0.4, 0.5) is 0 Å². The predicted octanol–water partition coefficient (Wildman–Crippen LogP) is 1.96. The molecule has 1 N–H and O–H groups in total. The van der Waals surface area contributed by atoms with E-state index in [2.05, 4.69) is 9.82 Å². The number of nitrogens with zero attached hydrogens (tertiary/aromatic N) is 2. The predicted molar refractivity (Wildman–Crippen MR) is 100.0 cm³/mol. The van der Waals surface area contributed by atoms with Crippen LogP contribution < -0.4 is 15.0 Å². The van der Waals surface area contributed by atoms with Crippen LogP contribution in [0.25, 0.3) is 10.6 Å². The standard InChI is InChI=1S/C17H17N3O4S2/c1-24-13-4-6-14(7-5-13)26(22,23)18-10-11-20-17(21)9-8-15(19-20)16-3-2-12-25-16/h2-9,12,18H,10-11H2,1H3. The number of aromatic nitrogens is 2. The molecule has 0 amide bonds. The Morgan fingerprint density at radius 2 is 1.92 bits per heavy atom. The molecule has 136 valence electrons. The van der Waals surface area contributed by atoms with Gasteiger partial charge in [-0.25, -0.2) is 17.8 Å². The average molecular weight is 391 g/mol. The number of methoxy groups -OCH3 is 1. The first-order valence-electron chi connectivity index (χ1n) is 7.75. The fourth-order valence-corrected chi connectivity index (χ4v) is 4.00. The molecule has 26 heavy (non-hydrogen) atoms. The minimum atomic E-state index is -3.67. The fourth-order valence-electron chi connectivity index (χ4n) is 2.29. The van der Waals surface area contributed by atoms with Crippen molar-refractivity contribution < 1.29 is 13.2 Å². The Bertz CT molecular complexity index is 1030. The number of benzene rings is 1. The summed E-state index contributed by atoms with van der Waals surface area (Å²) in [5.74, 6) is 0.574. The highest BCUT2D eigenvalue weighted by molar-refractivity contribution is 7.89. The maximum Gasteiger partial charge on any atom is 0.266 e. The lowest BCUT2D eigenvalue weighted by Gasteiger charge is -2.09. The van der Waals surface area contributed by atoms with Gasteiger partial charge in [-0.05, 0) is 41.8 Å². The Labute approximate surface area is 154 Å². The summed E-state index contributed by atoms with van der Waals surface area (Å²) < 4.78 is 33.4. The lowest BCUT2D eigenvalue weighted by atomic mass is 10.3. The van der Waals surface area contributed by atoms with Crippen LogP contribution in [-0.2, 0) is 16.6 Å². The second-order valence-corrected chi connectivity index (χ2v) is 8.05. The molecule has 1 aromatic carbocycles. The van der Waals surface area contributed by atoms with Crippen LogP contribution >= 0.6 is 11.3 Å². The van der Waals surface area contributed by atoms with Crippen LogP contribution in [0.5, 0.6) is 5.75 Å². The Balaban J connectivity index is 1.69. The molecule has 2 heterocycles. The van der Waals surface area contributed by atoms with Crippen LogP contribution in [0.1, 0.15) is 0 Å². The lowest BCUT2D eigenvalue weighted by molar-refractivity contribution is 0.414.